The Morgan fingerprint density at radius 2 is 2.25 bits per heavy atom. The van der Waals surface area contributed by atoms with Crippen molar-refractivity contribution in [1.29, 1.82) is 0 Å². The molecule has 2 amide bonds. The van der Waals surface area contributed by atoms with Gasteiger partial charge in [-0.3, -0.25) is 9.59 Å². The molecule has 0 saturated carbocycles. The van der Waals surface area contributed by atoms with Crippen LogP contribution in [0.4, 0.5) is 0 Å². The van der Waals surface area contributed by atoms with Crippen molar-refractivity contribution in [2.75, 3.05) is 13.2 Å². The summed E-state index contributed by atoms with van der Waals surface area (Å²) in [6.45, 7) is 1.49. The first-order valence-electron chi connectivity index (χ1n) is 7.52. The fourth-order valence-electron chi connectivity index (χ4n) is 2.27. The van der Waals surface area contributed by atoms with Crippen LogP contribution < -0.4 is 15.4 Å². The molecule has 126 valence electrons. The molecule has 3 heterocycles. The van der Waals surface area contributed by atoms with E-state index in [1.807, 2.05) is 0 Å². The number of rotatable bonds is 5. The molecule has 0 unspecified atom stereocenters. The number of aryl methyl sites for hydroxylation is 1. The van der Waals surface area contributed by atoms with E-state index in [0.717, 1.165) is 13.0 Å². The molecule has 2 aromatic heterocycles. The largest absolute Gasteiger partial charge is 0.505 e. The summed E-state index contributed by atoms with van der Waals surface area (Å²) in [5.74, 6) is -0.525. The lowest BCUT2D eigenvalue weighted by Gasteiger charge is -2.13. The van der Waals surface area contributed by atoms with Crippen LogP contribution in [0.3, 0.4) is 0 Å². The van der Waals surface area contributed by atoms with Crippen molar-refractivity contribution in [2.45, 2.75) is 19.5 Å². The van der Waals surface area contributed by atoms with E-state index in [0.29, 0.717) is 18.2 Å². The molecule has 0 aromatic carbocycles. The quantitative estimate of drug-likeness (QED) is 0.699. The third-order valence-corrected chi connectivity index (χ3v) is 3.44. The molecule has 3 N–H and O–H groups in total. The predicted molar refractivity (Wildman–Crippen MR) is 82.4 cm³/mol. The monoisotopic (exact) mass is 331 g/mol. The summed E-state index contributed by atoms with van der Waals surface area (Å²) in [7, 11) is 0. The molecule has 0 aliphatic carbocycles. The van der Waals surface area contributed by atoms with E-state index in [4.69, 9.17) is 4.74 Å². The molecule has 0 bridgehead atoms. The first kappa shape index (κ1) is 15.8. The number of amides is 2. The minimum absolute atomic E-state index is 0.121. The summed E-state index contributed by atoms with van der Waals surface area (Å²) in [6.07, 6.45) is 2.30. The summed E-state index contributed by atoms with van der Waals surface area (Å²) >= 11 is 0. The molecule has 0 atom stereocenters. The molecular weight excluding hydrogens is 314 g/mol. The van der Waals surface area contributed by atoms with Gasteiger partial charge in [-0.05, 0) is 12.1 Å². The summed E-state index contributed by atoms with van der Waals surface area (Å²) < 4.78 is 7.21. The third kappa shape index (κ3) is 3.62. The topological polar surface area (TPSA) is 118 Å². The van der Waals surface area contributed by atoms with Gasteiger partial charge in [-0.2, -0.15) is 5.10 Å². The van der Waals surface area contributed by atoms with E-state index in [2.05, 4.69) is 20.7 Å². The summed E-state index contributed by atoms with van der Waals surface area (Å²) in [4.78, 5) is 27.4. The summed E-state index contributed by atoms with van der Waals surface area (Å²) in [6, 6.07) is 4.64. The Balaban J connectivity index is 1.47. The van der Waals surface area contributed by atoms with Crippen LogP contribution in [0.25, 0.3) is 0 Å². The molecular formula is C15H17N5O4. The normalized spacial score (nSPS) is 12.8. The van der Waals surface area contributed by atoms with Gasteiger partial charge in [0.25, 0.3) is 5.91 Å². The lowest BCUT2D eigenvalue weighted by Crippen LogP contribution is -2.37. The van der Waals surface area contributed by atoms with Crippen molar-refractivity contribution in [3.63, 3.8) is 0 Å². The van der Waals surface area contributed by atoms with Crippen molar-refractivity contribution in [3.8, 4) is 11.6 Å². The SMILES string of the molecule is O=C(CNC(=O)c1ncccc1O)NCc1cc2n(n1)CCCO2. The van der Waals surface area contributed by atoms with Crippen molar-refractivity contribution >= 4 is 11.8 Å². The number of ether oxygens (including phenoxy) is 1. The van der Waals surface area contributed by atoms with E-state index in [-0.39, 0.29) is 30.4 Å². The number of fused-ring (bicyclic) bond motifs is 1. The van der Waals surface area contributed by atoms with Crippen LogP contribution in [0.5, 0.6) is 11.6 Å². The predicted octanol–water partition coefficient (Wildman–Crippen LogP) is -0.188. The van der Waals surface area contributed by atoms with E-state index in [1.165, 1.54) is 18.3 Å². The first-order valence-corrected chi connectivity index (χ1v) is 7.52. The van der Waals surface area contributed by atoms with Gasteiger partial charge in [0.2, 0.25) is 11.8 Å². The van der Waals surface area contributed by atoms with Gasteiger partial charge in [-0.1, -0.05) is 0 Å². The maximum atomic E-state index is 11.8. The van der Waals surface area contributed by atoms with E-state index in [1.54, 1.807) is 10.7 Å². The molecule has 0 fully saturated rings. The van der Waals surface area contributed by atoms with Crippen LogP contribution >= 0.6 is 0 Å². The highest BCUT2D eigenvalue weighted by atomic mass is 16.5. The second-order valence-electron chi connectivity index (χ2n) is 5.23. The number of carbonyl (C=O) groups is 2. The van der Waals surface area contributed by atoms with Gasteiger partial charge in [-0.15, -0.1) is 0 Å². The Labute approximate surface area is 137 Å². The number of pyridine rings is 1. The second-order valence-corrected chi connectivity index (χ2v) is 5.23. The lowest BCUT2D eigenvalue weighted by molar-refractivity contribution is -0.120. The number of hydrogen-bond acceptors (Lipinski definition) is 6. The van der Waals surface area contributed by atoms with Crippen molar-refractivity contribution in [3.05, 3.63) is 35.8 Å². The maximum Gasteiger partial charge on any atom is 0.274 e. The van der Waals surface area contributed by atoms with Gasteiger partial charge >= 0.3 is 0 Å². The zero-order valence-electron chi connectivity index (χ0n) is 12.9. The molecule has 3 rings (SSSR count). The second kappa shape index (κ2) is 6.99. The van der Waals surface area contributed by atoms with Crippen LogP contribution in [-0.2, 0) is 17.9 Å². The fourth-order valence-corrected chi connectivity index (χ4v) is 2.27. The number of nitrogens with one attached hydrogen (secondary N) is 2. The number of hydrogen-bond donors (Lipinski definition) is 3. The highest BCUT2D eigenvalue weighted by Crippen LogP contribution is 2.18. The Hall–Kier alpha value is -3.10. The van der Waals surface area contributed by atoms with Gasteiger partial charge in [0.05, 0.1) is 25.4 Å². The lowest BCUT2D eigenvalue weighted by atomic mass is 10.3. The maximum absolute atomic E-state index is 11.8. The van der Waals surface area contributed by atoms with Crippen molar-refractivity contribution in [2.24, 2.45) is 0 Å². The standard InChI is InChI=1S/C15H17N5O4/c21-11-3-1-4-16-14(11)15(23)18-9-12(22)17-8-10-7-13-20(19-10)5-2-6-24-13/h1,3-4,7,21H,2,5-6,8-9H2,(H,17,22)(H,18,23). The molecule has 1 aliphatic rings. The third-order valence-electron chi connectivity index (χ3n) is 3.44. The van der Waals surface area contributed by atoms with E-state index < -0.39 is 5.91 Å². The molecule has 0 spiro atoms. The molecule has 0 saturated heterocycles. The molecule has 9 heteroatoms. The first-order chi connectivity index (χ1) is 11.6. The van der Waals surface area contributed by atoms with Gasteiger partial charge in [0.1, 0.15) is 5.75 Å². The Bertz CT molecular complexity index is 735. The van der Waals surface area contributed by atoms with E-state index >= 15 is 0 Å². The Morgan fingerprint density at radius 3 is 3.04 bits per heavy atom. The number of carbonyl (C=O) groups excluding carboxylic acids is 2. The number of aromatic hydroxyl groups is 1. The fraction of sp³-hybridized carbons (Fsp3) is 0.333. The highest BCUT2D eigenvalue weighted by Gasteiger charge is 2.15. The number of nitrogens with zero attached hydrogens (tertiary/aromatic N) is 3. The van der Waals surface area contributed by atoms with Crippen LogP contribution in [0, 0.1) is 0 Å². The van der Waals surface area contributed by atoms with Gasteiger partial charge in [-0.25, -0.2) is 9.67 Å². The van der Waals surface area contributed by atoms with Crippen LogP contribution in [0.2, 0.25) is 0 Å². The minimum Gasteiger partial charge on any atom is -0.505 e. The zero-order valence-corrected chi connectivity index (χ0v) is 12.9. The van der Waals surface area contributed by atoms with Crippen molar-refractivity contribution < 1.29 is 19.4 Å². The highest BCUT2D eigenvalue weighted by molar-refractivity contribution is 5.96. The van der Waals surface area contributed by atoms with Crippen LogP contribution in [0.1, 0.15) is 22.6 Å². The van der Waals surface area contributed by atoms with Crippen LogP contribution in [0.15, 0.2) is 24.4 Å². The average molecular weight is 331 g/mol. The average Bonchev–Trinajstić information content (AvgIpc) is 3.01. The molecule has 0 radical (unpaired) electrons. The molecule has 2 aromatic rings. The molecule has 9 nitrogen and oxygen atoms in total. The van der Waals surface area contributed by atoms with Gasteiger partial charge in [0.15, 0.2) is 5.69 Å². The van der Waals surface area contributed by atoms with Gasteiger partial charge in [0, 0.05) is 25.2 Å². The zero-order chi connectivity index (χ0) is 16.9. The molecule has 24 heavy (non-hydrogen) atoms. The minimum atomic E-state index is -0.617. The van der Waals surface area contributed by atoms with Crippen LogP contribution in [-0.4, -0.2) is 44.8 Å². The van der Waals surface area contributed by atoms with Gasteiger partial charge < -0.3 is 20.5 Å². The molecule has 1 aliphatic heterocycles. The van der Waals surface area contributed by atoms with E-state index in [9.17, 15) is 14.7 Å². The summed E-state index contributed by atoms with van der Waals surface area (Å²) in [5, 5.41) is 18.9. The smallest absolute Gasteiger partial charge is 0.274 e. The summed E-state index contributed by atoms with van der Waals surface area (Å²) in [5.41, 5.74) is 0.568. The van der Waals surface area contributed by atoms with Crippen molar-refractivity contribution in [1.82, 2.24) is 25.4 Å². The Kier molecular flexibility index (Phi) is 4.59. The Morgan fingerprint density at radius 1 is 1.38 bits per heavy atom. The number of aromatic nitrogens is 3.